The molecule has 0 fully saturated rings. The summed E-state index contributed by atoms with van der Waals surface area (Å²) in [5, 5.41) is 11.0. The van der Waals surface area contributed by atoms with Crippen molar-refractivity contribution in [3.05, 3.63) is 47.5 Å². The Morgan fingerprint density at radius 3 is 2.37 bits per heavy atom. The number of anilines is 2. The Labute approximate surface area is 213 Å². The number of thioether (sulfide) groups is 1. The molecule has 1 heterocycles. The maximum Gasteiger partial charge on any atom is 0.264 e. The lowest BCUT2D eigenvalue weighted by Crippen LogP contribution is -2.38. The molecule has 3 rings (SSSR count). The molecule has 12 heteroatoms. The number of amides is 1. The molecular weight excluding hydrogens is 508 g/mol. The fourth-order valence-corrected chi connectivity index (χ4v) is 6.43. The largest absolute Gasteiger partial charge is 0.493 e. The summed E-state index contributed by atoms with van der Waals surface area (Å²) in [6.45, 7) is 5.36. The second-order valence-electron chi connectivity index (χ2n) is 7.64. The number of hydrogen-bond donors (Lipinski definition) is 1. The van der Waals surface area contributed by atoms with Crippen LogP contribution in [0, 0.1) is 13.8 Å². The Kier molecular flexibility index (Phi) is 8.98. The highest BCUT2D eigenvalue weighted by molar-refractivity contribution is 8.01. The Morgan fingerprint density at radius 1 is 1.06 bits per heavy atom. The second-order valence-corrected chi connectivity index (χ2v) is 11.8. The van der Waals surface area contributed by atoms with Gasteiger partial charge in [0.2, 0.25) is 11.0 Å². The number of ether oxygens (including phenoxy) is 2. The minimum Gasteiger partial charge on any atom is -0.493 e. The van der Waals surface area contributed by atoms with Gasteiger partial charge in [0.25, 0.3) is 10.0 Å². The van der Waals surface area contributed by atoms with Gasteiger partial charge in [0.05, 0.1) is 24.8 Å². The van der Waals surface area contributed by atoms with Gasteiger partial charge in [0, 0.05) is 11.8 Å². The average molecular weight is 537 g/mol. The smallest absolute Gasteiger partial charge is 0.264 e. The van der Waals surface area contributed by atoms with Gasteiger partial charge >= 0.3 is 0 Å². The third-order valence-electron chi connectivity index (χ3n) is 4.81. The fraction of sp³-hybridized carbons (Fsp3) is 0.348. The van der Waals surface area contributed by atoms with E-state index in [0.717, 1.165) is 31.9 Å². The zero-order valence-electron chi connectivity index (χ0n) is 20.2. The highest BCUT2D eigenvalue weighted by Crippen LogP contribution is 2.33. The van der Waals surface area contributed by atoms with Crippen LogP contribution in [0.3, 0.4) is 0 Å². The van der Waals surface area contributed by atoms with Gasteiger partial charge in [-0.2, -0.15) is 0 Å². The molecule has 1 aromatic heterocycles. The number of methoxy groups -OCH3 is 2. The van der Waals surface area contributed by atoms with Crippen LogP contribution in [-0.2, 0) is 14.8 Å². The molecule has 2 aromatic carbocycles. The SMILES string of the molecule is CCCSc1nnc(NC(=O)CN(c2cc(C)cc(C)c2)S(=O)(=O)c2ccc(OC)c(OC)c2)s1. The first-order valence-corrected chi connectivity index (χ1v) is 14.0. The highest BCUT2D eigenvalue weighted by atomic mass is 32.2. The summed E-state index contributed by atoms with van der Waals surface area (Å²) in [7, 11) is -1.24. The number of sulfonamides is 1. The normalized spacial score (nSPS) is 11.2. The van der Waals surface area contributed by atoms with E-state index in [1.807, 2.05) is 19.9 Å². The topological polar surface area (TPSA) is 111 Å². The van der Waals surface area contributed by atoms with Crippen LogP contribution in [0.1, 0.15) is 24.5 Å². The lowest BCUT2D eigenvalue weighted by atomic mass is 10.1. The van der Waals surface area contributed by atoms with Crippen LogP contribution >= 0.6 is 23.1 Å². The first-order valence-electron chi connectivity index (χ1n) is 10.8. The van der Waals surface area contributed by atoms with E-state index in [2.05, 4.69) is 22.4 Å². The van der Waals surface area contributed by atoms with Gasteiger partial charge in [-0.15, -0.1) is 10.2 Å². The van der Waals surface area contributed by atoms with E-state index in [-0.39, 0.29) is 10.6 Å². The number of aromatic nitrogens is 2. The number of carbonyl (C=O) groups is 1. The van der Waals surface area contributed by atoms with Gasteiger partial charge in [0.1, 0.15) is 6.54 Å². The molecule has 0 aliphatic carbocycles. The quantitative estimate of drug-likeness (QED) is 0.282. The Bertz CT molecular complexity index is 1270. The summed E-state index contributed by atoms with van der Waals surface area (Å²) in [5.41, 5.74) is 2.12. The summed E-state index contributed by atoms with van der Waals surface area (Å²) in [4.78, 5) is 12.9. The molecule has 0 aliphatic rings. The van der Waals surface area contributed by atoms with Gasteiger partial charge < -0.3 is 9.47 Å². The zero-order valence-corrected chi connectivity index (χ0v) is 22.6. The molecule has 0 radical (unpaired) electrons. The van der Waals surface area contributed by atoms with Crippen molar-refractivity contribution in [3.63, 3.8) is 0 Å². The van der Waals surface area contributed by atoms with E-state index in [1.54, 1.807) is 23.9 Å². The molecule has 0 saturated heterocycles. The predicted molar refractivity (Wildman–Crippen MR) is 140 cm³/mol. The maximum atomic E-state index is 13.8. The van der Waals surface area contributed by atoms with E-state index in [4.69, 9.17) is 9.47 Å². The zero-order chi connectivity index (χ0) is 25.6. The molecule has 0 atom stereocenters. The van der Waals surface area contributed by atoms with Crippen LogP contribution in [-0.4, -0.2) is 51.0 Å². The van der Waals surface area contributed by atoms with E-state index in [1.165, 1.54) is 43.8 Å². The third-order valence-corrected chi connectivity index (χ3v) is 8.75. The van der Waals surface area contributed by atoms with Crippen molar-refractivity contribution >= 4 is 49.8 Å². The Hall–Kier alpha value is -2.83. The van der Waals surface area contributed by atoms with Crippen molar-refractivity contribution in [2.24, 2.45) is 0 Å². The van der Waals surface area contributed by atoms with Crippen molar-refractivity contribution in [2.45, 2.75) is 36.4 Å². The van der Waals surface area contributed by atoms with Crippen molar-refractivity contribution in [2.75, 3.05) is 36.1 Å². The van der Waals surface area contributed by atoms with Gasteiger partial charge in [-0.3, -0.25) is 14.4 Å². The van der Waals surface area contributed by atoms with Crippen LogP contribution in [0.5, 0.6) is 11.5 Å². The molecule has 0 unspecified atom stereocenters. The number of benzene rings is 2. The molecule has 188 valence electrons. The van der Waals surface area contributed by atoms with E-state index in [9.17, 15) is 13.2 Å². The Balaban J connectivity index is 1.95. The van der Waals surface area contributed by atoms with E-state index >= 15 is 0 Å². The number of rotatable bonds is 11. The van der Waals surface area contributed by atoms with Crippen LogP contribution in [0.15, 0.2) is 45.6 Å². The first kappa shape index (κ1) is 26.8. The molecule has 1 amide bonds. The van der Waals surface area contributed by atoms with E-state index in [0.29, 0.717) is 16.6 Å². The maximum absolute atomic E-state index is 13.8. The predicted octanol–water partition coefficient (Wildman–Crippen LogP) is 4.51. The molecular formula is C23H28N4O5S3. The second kappa shape index (κ2) is 11.7. The summed E-state index contributed by atoms with van der Waals surface area (Å²) >= 11 is 2.81. The van der Waals surface area contributed by atoms with Crippen LogP contribution < -0.4 is 19.1 Å². The number of nitrogens with one attached hydrogen (secondary N) is 1. The van der Waals surface area contributed by atoms with Crippen molar-refractivity contribution < 1.29 is 22.7 Å². The molecule has 0 bridgehead atoms. The van der Waals surface area contributed by atoms with Crippen LogP contribution in [0.2, 0.25) is 0 Å². The number of nitrogens with zero attached hydrogens (tertiary/aromatic N) is 3. The number of carbonyl (C=O) groups excluding carboxylic acids is 1. The minimum absolute atomic E-state index is 0.0312. The summed E-state index contributed by atoms with van der Waals surface area (Å²) in [6.07, 6.45) is 0.991. The minimum atomic E-state index is -4.14. The van der Waals surface area contributed by atoms with Crippen LogP contribution in [0.4, 0.5) is 10.8 Å². The summed E-state index contributed by atoms with van der Waals surface area (Å²) in [5.74, 6) is 1.03. The number of hydrogen-bond acceptors (Lipinski definition) is 9. The summed E-state index contributed by atoms with van der Waals surface area (Å²) in [6, 6.07) is 9.70. The lowest BCUT2D eigenvalue weighted by molar-refractivity contribution is -0.114. The standard InChI is InChI=1S/C23H28N4O5S3/c1-6-9-33-23-26-25-22(34-23)24-21(28)14-27(17-11-15(2)10-16(3)12-17)35(29,30)18-7-8-19(31-4)20(13-18)32-5/h7-8,10-13H,6,9,14H2,1-5H3,(H,24,25,28). The van der Waals surface area contributed by atoms with Crippen molar-refractivity contribution in [3.8, 4) is 11.5 Å². The highest BCUT2D eigenvalue weighted by Gasteiger charge is 2.29. The molecule has 0 aliphatic heterocycles. The van der Waals surface area contributed by atoms with Crippen LogP contribution in [0.25, 0.3) is 0 Å². The molecule has 3 aromatic rings. The monoisotopic (exact) mass is 536 g/mol. The molecule has 1 N–H and O–H groups in total. The molecule has 0 saturated carbocycles. The molecule has 0 spiro atoms. The molecule has 35 heavy (non-hydrogen) atoms. The third kappa shape index (κ3) is 6.65. The van der Waals surface area contributed by atoms with Gasteiger partial charge in [-0.1, -0.05) is 36.1 Å². The van der Waals surface area contributed by atoms with Gasteiger partial charge in [-0.05, 0) is 55.7 Å². The van der Waals surface area contributed by atoms with E-state index < -0.39 is 22.5 Å². The number of aryl methyl sites for hydroxylation is 2. The molecule has 9 nitrogen and oxygen atoms in total. The van der Waals surface area contributed by atoms with Gasteiger partial charge in [0.15, 0.2) is 15.8 Å². The van der Waals surface area contributed by atoms with Crippen molar-refractivity contribution in [1.29, 1.82) is 0 Å². The average Bonchev–Trinajstić information content (AvgIpc) is 3.26. The van der Waals surface area contributed by atoms with Gasteiger partial charge in [-0.25, -0.2) is 8.42 Å². The Morgan fingerprint density at radius 2 is 1.74 bits per heavy atom. The van der Waals surface area contributed by atoms with Crippen molar-refractivity contribution in [1.82, 2.24) is 10.2 Å². The summed E-state index contributed by atoms with van der Waals surface area (Å²) < 4.78 is 39.8. The fourth-order valence-electron chi connectivity index (χ4n) is 3.31. The lowest BCUT2D eigenvalue weighted by Gasteiger charge is -2.25. The first-order chi connectivity index (χ1) is 16.7.